The second-order valence-corrected chi connectivity index (χ2v) is 6.92. The maximum atomic E-state index is 12.8. The van der Waals surface area contributed by atoms with Crippen LogP contribution >= 0.6 is 11.7 Å². The Bertz CT molecular complexity index is 763. The highest BCUT2D eigenvalue weighted by Crippen LogP contribution is 2.20. The molecule has 8 heteroatoms. The molecular weight excluding hydrogens is 340 g/mol. The highest BCUT2D eigenvalue weighted by Gasteiger charge is 2.30. The molecular formula is C17H22N4O3S. The summed E-state index contributed by atoms with van der Waals surface area (Å²) in [6, 6.07) is 5.87. The lowest BCUT2D eigenvalue weighted by atomic mass is 9.96. The Labute approximate surface area is 150 Å². The van der Waals surface area contributed by atoms with Crippen LogP contribution in [0.1, 0.15) is 18.4 Å². The Balaban J connectivity index is 1.62. The van der Waals surface area contributed by atoms with Gasteiger partial charge in [0.15, 0.2) is 0 Å². The van der Waals surface area contributed by atoms with Crippen molar-refractivity contribution in [1.29, 1.82) is 0 Å². The summed E-state index contributed by atoms with van der Waals surface area (Å²) in [5.74, 6) is -0.125. The lowest BCUT2D eigenvalue weighted by Gasteiger charge is -2.34. The maximum Gasteiger partial charge on any atom is 0.248 e. The van der Waals surface area contributed by atoms with Gasteiger partial charge in [-0.15, -0.1) is 0 Å². The van der Waals surface area contributed by atoms with Crippen LogP contribution in [-0.2, 0) is 20.9 Å². The average Bonchev–Trinajstić information content (AvgIpc) is 3.09. The standard InChI is InChI=1S/C17H22N4O3S/c1-20(9-12-5-6-14-15(8-12)19-25-18-14)17(23)13-4-3-7-21(10-13)16(22)11-24-2/h5-6,8,13H,3-4,7,9-11H2,1-2H3/t13-/m0/s1. The minimum atomic E-state index is -0.149. The molecule has 7 nitrogen and oxygen atoms in total. The molecule has 25 heavy (non-hydrogen) atoms. The number of fused-ring (bicyclic) bond motifs is 1. The van der Waals surface area contributed by atoms with Crippen molar-refractivity contribution >= 4 is 34.6 Å². The van der Waals surface area contributed by atoms with Gasteiger partial charge in [0.25, 0.3) is 0 Å². The number of aromatic nitrogens is 2. The van der Waals surface area contributed by atoms with Crippen LogP contribution in [0.3, 0.4) is 0 Å². The number of hydrogen-bond donors (Lipinski definition) is 0. The largest absolute Gasteiger partial charge is 0.375 e. The topological polar surface area (TPSA) is 75.6 Å². The molecule has 0 saturated carbocycles. The fourth-order valence-corrected chi connectivity index (χ4v) is 3.73. The number of ether oxygens (including phenoxy) is 1. The van der Waals surface area contributed by atoms with E-state index in [4.69, 9.17) is 4.74 Å². The zero-order chi connectivity index (χ0) is 17.8. The number of carbonyl (C=O) groups excluding carboxylic acids is 2. The van der Waals surface area contributed by atoms with E-state index in [1.165, 1.54) is 18.8 Å². The van der Waals surface area contributed by atoms with Gasteiger partial charge in [-0.1, -0.05) is 6.07 Å². The highest BCUT2D eigenvalue weighted by molar-refractivity contribution is 7.00. The number of likely N-dealkylation sites (tertiary alicyclic amines) is 1. The van der Waals surface area contributed by atoms with Crippen LogP contribution in [0, 0.1) is 5.92 Å². The van der Waals surface area contributed by atoms with Gasteiger partial charge in [0, 0.05) is 33.8 Å². The summed E-state index contributed by atoms with van der Waals surface area (Å²) in [5, 5.41) is 0. The van der Waals surface area contributed by atoms with Crippen molar-refractivity contribution in [1.82, 2.24) is 18.5 Å². The number of hydrogen-bond acceptors (Lipinski definition) is 6. The minimum absolute atomic E-state index is 0.0517. The van der Waals surface area contributed by atoms with Gasteiger partial charge < -0.3 is 14.5 Å². The molecule has 1 fully saturated rings. The predicted octanol–water partition coefficient (Wildman–Crippen LogP) is 1.53. The molecule has 134 valence electrons. The van der Waals surface area contributed by atoms with Crippen molar-refractivity contribution in [2.45, 2.75) is 19.4 Å². The first-order chi connectivity index (χ1) is 12.1. The molecule has 1 atom stereocenters. The molecule has 2 aromatic rings. The Kier molecular flexibility index (Phi) is 5.60. The second kappa shape index (κ2) is 7.88. The van der Waals surface area contributed by atoms with E-state index < -0.39 is 0 Å². The zero-order valence-electron chi connectivity index (χ0n) is 14.5. The van der Waals surface area contributed by atoms with Crippen molar-refractivity contribution in [3.8, 4) is 0 Å². The Hall–Kier alpha value is -2.06. The van der Waals surface area contributed by atoms with E-state index >= 15 is 0 Å². The monoisotopic (exact) mass is 362 g/mol. The Morgan fingerprint density at radius 3 is 2.96 bits per heavy atom. The molecule has 1 aromatic heterocycles. The number of rotatable bonds is 5. The number of methoxy groups -OCH3 is 1. The quantitative estimate of drug-likeness (QED) is 0.806. The summed E-state index contributed by atoms with van der Waals surface area (Å²) in [5.41, 5.74) is 2.76. The third-order valence-electron chi connectivity index (χ3n) is 4.51. The summed E-state index contributed by atoms with van der Waals surface area (Å²) in [7, 11) is 3.31. The number of piperidine rings is 1. The summed E-state index contributed by atoms with van der Waals surface area (Å²) in [6.07, 6.45) is 1.66. The van der Waals surface area contributed by atoms with Gasteiger partial charge in [0.05, 0.1) is 17.6 Å². The lowest BCUT2D eigenvalue weighted by molar-refractivity contribution is -0.142. The molecule has 0 N–H and O–H groups in total. The summed E-state index contributed by atoms with van der Waals surface area (Å²) in [4.78, 5) is 28.2. The van der Waals surface area contributed by atoms with Crippen molar-refractivity contribution in [2.24, 2.45) is 5.92 Å². The van der Waals surface area contributed by atoms with Gasteiger partial charge in [-0.3, -0.25) is 9.59 Å². The van der Waals surface area contributed by atoms with Crippen molar-refractivity contribution in [2.75, 3.05) is 33.9 Å². The van der Waals surface area contributed by atoms with Crippen LogP contribution < -0.4 is 0 Å². The molecule has 1 aliphatic heterocycles. The third-order valence-corrected chi connectivity index (χ3v) is 5.06. The summed E-state index contributed by atoms with van der Waals surface area (Å²) >= 11 is 1.19. The van der Waals surface area contributed by atoms with E-state index in [2.05, 4.69) is 8.75 Å². The van der Waals surface area contributed by atoms with E-state index in [1.807, 2.05) is 25.2 Å². The first-order valence-electron chi connectivity index (χ1n) is 8.31. The van der Waals surface area contributed by atoms with Gasteiger partial charge in [-0.05, 0) is 30.5 Å². The molecule has 2 heterocycles. The zero-order valence-corrected chi connectivity index (χ0v) is 15.3. The number of carbonyl (C=O) groups is 2. The third kappa shape index (κ3) is 4.13. The summed E-state index contributed by atoms with van der Waals surface area (Å²) in [6.45, 7) is 1.76. The fourth-order valence-electron chi connectivity index (χ4n) is 3.21. The van der Waals surface area contributed by atoms with E-state index in [0.717, 1.165) is 29.4 Å². The fraction of sp³-hybridized carbons (Fsp3) is 0.529. The van der Waals surface area contributed by atoms with Crippen molar-refractivity contribution in [3.63, 3.8) is 0 Å². The Morgan fingerprint density at radius 2 is 2.16 bits per heavy atom. The van der Waals surface area contributed by atoms with E-state index in [9.17, 15) is 9.59 Å². The molecule has 0 bridgehead atoms. The van der Waals surface area contributed by atoms with Crippen LogP contribution in [0.15, 0.2) is 18.2 Å². The first-order valence-corrected chi connectivity index (χ1v) is 9.04. The van der Waals surface area contributed by atoms with Gasteiger partial charge in [0.1, 0.15) is 17.6 Å². The van der Waals surface area contributed by atoms with Gasteiger partial charge in [-0.2, -0.15) is 8.75 Å². The molecule has 1 aliphatic rings. The second-order valence-electron chi connectivity index (χ2n) is 6.39. The van der Waals surface area contributed by atoms with Crippen LogP contribution in [0.2, 0.25) is 0 Å². The molecule has 0 aliphatic carbocycles. The van der Waals surface area contributed by atoms with Crippen molar-refractivity contribution < 1.29 is 14.3 Å². The first kappa shape index (κ1) is 17.8. The van der Waals surface area contributed by atoms with E-state index in [1.54, 1.807) is 9.80 Å². The highest BCUT2D eigenvalue weighted by atomic mass is 32.1. The lowest BCUT2D eigenvalue weighted by Crippen LogP contribution is -2.46. The minimum Gasteiger partial charge on any atom is -0.375 e. The molecule has 0 spiro atoms. The molecule has 0 radical (unpaired) electrons. The molecule has 2 amide bonds. The molecule has 3 rings (SSSR count). The summed E-state index contributed by atoms with van der Waals surface area (Å²) < 4.78 is 13.3. The molecule has 0 unspecified atom stereocenters. The SMILES string of the molecule is COCC(=O)N1CCC[C@H](C(=O)N(C)Cc2ccc3nsnc3c2)C1. The number of benzene rings is 1. The molecule has 1 saturated heterocycles. The number of nitrogens with zero attached hydrogens (tertiary/aromatic N) is 4. The average molecular weight is 362 g/mol. The Morgan fingerprint density at radius 1 is 1.36 bits per heavy atom. The van der Waals surface area contributed by atoms with Crippen LogP contribution in [-0.4, -0.2) is 64.2 Å². The smallest absolute Gasteiger partial charge is 0.248 e. The van der Waals surface area contributed by atoms with E-state index in [0.29, 0.717) is 19.6 Å². The normalized spacial score (nSPS) is 17.7. The van der Waals surface area contributed by atoms with Gasteiger partial charge in [-0.25, -0.2) is 0 Å². The van der Waals surface area contributed by atoms with Gasteiger partial charge >= 0.3 is 0 Å². The molecule has 1 aromatic carbocycles. The van der Waals surface area contributed by atoms with Gasteiger partial charge in [0.2, 0.25) is 11.8 Å². The van der Waals surface area contributed by atoms with E-state index in [-0.39, 0.29) is 24.3 Å². The number of amides is 2. The van der Waals surface area contributed by atoms with Crippen LogP contribution in [0.5, 0.6) is 0 Å². The predicted molar refractivity (Wildman–Crippen MR) is 95.1 cm³/mol. The van der Waals surface area contributed by atoms with Crippen molar-refractivity contribution in [3.05, 3.63) is 23.8 Å². The van der Waals surface area contributed by atoms with Crippen LogP contribution in [0.25, 0.3) is 11.0 Å². The van der Waals surface area contributed by atoms with Crippen LogP contribution in [0.4, 0.5) is 0 Å². The maximum absolute atomic E-state index is 12.8.